The van der Waals surface area contributed by atoms with Gasteiger partial charge >= 0.3 is 0 Å². The van der Waals surface area contributed by atoms with Gasteiger partial charge in [-0.2, -0.15) is 0 Å². The zero-order valence-corrected chi connectivity index (χ0v) is 7.92. The van der Waals surface area contributed by atoms with E-state index in [-0.39, 0.29) is 12.2 Å². The second-order valence-electron chi connectivity index (χ2n) is 2.46. The van der Waals surface area contributed by atoms with Crippen molar-refractivity contribution in [2.45, 2.75) is 26.1 Å². The Labute approximate surface area is 73.2 Å². The maximum atomic E-state index is 11.0. The molecule has 0 fully saturated rings. The topological polar surface area (TPSA) is 47.6 Å². The van der Waals surface area contributed by atoms with E-state index in [0.29, 0.717) is 13.0 Å². The highest BCUT2D eigenvalue weighted by Gasteiger charge is 2.06. The quantitative estimate of drug-likeness (QED) is 0.599. The zero-order valence-electron chi connectivity index (χ0n) is 7.92. The number of nitrogens with one attached hydrogen (secondary N) is 1. The number of hydrogen-bond acceptors (Lipinski definition) is 3. The van der Waals surface area contributed by atoms with Gasteiger partial charge in [0.2, 0.25) is 5.91 Å². The Bertz CT molecular complexity index is 123. The first-order valence-corrected chi connectivity index (χ1v) is 4.06. The van der Waals surface area contributed by atoms with E-state index in [4.69, 9.17) is 9.47 Å². The molecule has 0 atom stereocenters. The van der Waals surface area contributed by atoms with Crippen molar-refractivity contribution >= 4 is 5.91 Å². The molecular weight excluding hydrogens is 158 g/mol. The molecule has 0 aliphatic rings. The second kappa shape index (κ2) is 7.06. The average Bonchev–Trinajstić information content (AvgIpc) is 2.07. The van der Waals surface area contributed by atoms with Crippen LogP contribution in [0, 0.1) is 0 Å². The molecule has 1 N–H and O–H groups in total. The van der Waals surface area contributed by atoms with E-state index in [1.807, 2.05) is 6.92 Å². The Morgan fingerprint density at radius 3 is 2.42 bits per heavy atom. The molecule has 0 bridgehead atoms. The summed E-state index contributed by atoms with van der Waals surface area (Å²) in [6.45, 7) is 2.37. The lowest BCUT2D eigenvalue weighted by Gasteiger charge is -2.13. The Balaban J connectivity index is 3.44. The van der Waals surface area contributed by atoms with Crippen molar-refractivity contribution in [3.63, 3.8) is 0 Å². The van der Waals surface area contributed by atoms with Crippen molar-refractivity contribution in [2.24, 2.45) is 0 Å². The van der Waals surface area contributed by atoms with Crippen molar-refractivity contribution in [2.75, 3.05) is 20.8 Å². The van der Waals surface area contributed by atoms with Crippen molar-refractivity contribution in [1.29, 1.82) is 0 Å². The van der Waals surface area contributed by atoms with E-state index in [2.05, 4.69) is 5.32 Å². The predicted octanol–water partition coefficient (Wildman–Crippen LogP) is 0.522. The minimum absolute atomic E-state index is 0.0385. The van der Waals surface area contributed by atoms with Gasteiger partial charge in [0.15, 0.2) is 6.29 Å². The molecule has 0 aliphatic carbocycles. The largest absolute Gasteiger partial charge is 0.354 e. The minimum Gasteiger partial charge on any atom is -0.354 e. The van der Waals surface area contributed by atoms with E-state index in [1.54, 1.807) is 14.2 Å². The lowest BCUT2D eigenvalue weighted by atomic mass is 10.3. The summed E-state index contributed by atoms with van der Waals surface area (Å²) in [5.41, 5.74) is 0. The van der Waals surface area contributed by atoms with Crippen molar-refractivity contribution < 1.29 is 14.3 Å². The summed E-state index contributed by atoms with van der Waals surface area (Å²) in [7, 11) is 3.08. The molecule has 0 aromatic rings. The molecule has 0 aromatic carbocycles. The molecular formula is C8H17NO3. The van der Waals surface area contributed by atoms with Crippen molar-refractivity contribution in [3.8, 4) is 0 Å². The number of methoxy groups -OCH3 is 2. The van der Waals surface area contributed by atoms with Crippen molar-refractivity contribution in [3.05, 3.63) is 0 Å². The van der Waals surface area contributed by atoms with Gasteiger partial charge < -0.3 is 14.8 Å². The third-order valence-electron chi connectivity index (χ3n) is 1.47. The van der Waals surface area contributed by atoms with Crippen LogP contribution in [0.1, 0.15) is 19.8 Å². The molecule has 0 aromatic heterocycles. The van der Waals surface area contributed by atoms with Crippen LogP contribution in [0.4, 0.5) is 0 Å². The Morgan fingerprint density at radius 2 is 2.00 bits per heavy atom. The van der Waals surface area contributed by atoms with Gasteiger partial charge in [0.05, 0.1) is 6.54 Å². The number of hydrogen-bond donors (Lipinski definition) is 1. The molecule has 0 unspecified atom stereocenters. The SMILES string of the molecule is CCCC(=O)NCC(OC)OC. The van der Waals surface area contributed by atoms with E-state index < -0.39 is 0 Å². The summed E-state index contributed by atoms with van der Waals surface area (Å²) < 4.78 is 9.78. The number of ether oxygens (including phenoxy) is 2. The lowest BCUT2D eigenvalue weighted by molar-refractivity contribution is -0.127. The van der Waals surface area contributed by atoms with E-state index in [0.717, 1.165) is 6.42 Å². The van der Waals surface area contributed by atoms with Crippen LogP contribution in [-0.4, -0.2) is 33.0 Å². The van der Waals surface area contributed by atoms with E-state index in [9.17, 15) is 4.79 Å². The highest BCUT2D eigenvalue weighted by Crippen LogP contribution is 1.90. The normalized spacial score (nSPS) is 10.3. The predicted molar refractivity (Wildman–Crippen MR) is 45.7 cm³/mol. The first-order chi connectivity index (χ1) is 5.74. The number of amides is 1. The maximum absolute atomic E-state index is 11.0. The van der Waals surface area contributed by atoms with Gasteiger partial charge in [-0.15, -0.1) is 0 Å². The zero-order chi connectivity index (χ0) is 9.40. The van der Waals surface area contributed by atoms with E-state index >= 15 is 0 Å². The van der Waals surface area contributed by atoms with Gasteiger partial charge in [-0.25, -0.2) is 0 Å². The van der Waals surface area contributed by atoms with Gasteiger partial charge in [0.25, 0.3) is 0 Å². The summed E-state index contributed by atoms with van der Waals surface area (Å²) in [4.78, 5) is 11.0. The fraction of sp³-hybridized carbons (Fsp3) is 0.875. The molecule has 12 heavy (non-hydrogen) atoms. The highest BCUT2D eigenvalue weighted by atomic mass is 16.7. The molecule has 0 saturated carbocycles. The molecule has 0 aliphatic heterocycles. The van der Waals surface area contributed by atoms with Gasteiger partial charge in [-0.05, 0) is 6.42 Å². The number of carbonyl (C=O) groups excluding carboxylic acids is 1. The minimum atomic E-state index is -0.342. The van der Waals surface area contributed by atoms with Crippen LogP contribution in [0.15, 0.2) is 0 Å². The van der Waals surface area contributed by atoms with Gasteiger partial charge in [-0.1, -0.05) is 6.92 Å². The molecule has 0 heterocycles. The Hall–Kier alpha value is -0.610. The third-order valence-corrected chi connectivity index (χ3v) is 1.47. The first kappa shape index (κ1) is 11.4. The van der Waals surface area contributed by atoms with Crippen LogP contribution < -0.4 is 5.32 Å². The number of rotatable bonds is 6. The van der Waals surface area contributed by atoms with Crippen LogP contribution in [0.25, 0.3) is 0 Å². The fourth-order valence-electron chi connectivity index (χ4n) is 0.776. The molecule has 0 saturated heterocycles. The molecule has 4 heteroatoms. The van der Waals surface area contributed by atoms with Crippen LogP contribution in [0.2, 0.25) is 0 Å². The summed E-state index contributed by atoms with van der Waals surface area (Å²) in [6, 6.07) is 0. The summed E-state index contributed by atoms with van der Waals surface area (Å²) in [6.07, 6.45) is 1.07. The van der Waals surface area contributed by atoms with Crippen molar-refractivity contribution in [1.82, 2.24) is 5.32 Å². The Morgan fingerprint density at radius 1 is 1.42 bits per heavy atom. The average molecular weight is 175 g/mol. The summed E-state index contributed by atoms with van der Waals surface area (Å²) in [5, 5.41) is 2.70. The molecule has 4 nitrogen and oxygen atoms in total. The fourth-order valence-corrected chi connectivity index (χ4v) is 0.776. The van der Waals surface area contributed by atoms with E-state index in [1.165, 1.54) is 0 Å². The maximum Gasteiger partial charge on any atom is 0.220 e. The van der Waals surface area contributed by atoms with Gasteiger partial charge in [-0.3, -0.25) is 4.79 Å². The third kappa shape index (κ3) is 5.09. The molecule has 0 rings (SSSR count). The van der Waals surface area contributed by atoms with Crippen LogP contribution in [-0.2, 0) is 14.3 Å². The smallest absolute Gasteiger partial charge is 0.220 e. The standard InChI is InChI=1S/C8H17NO3/c1-4-5-7(10)9-6-8(11-2)12-3/h8H,4-6H2,1-3H3,(H,9,10). The molecule has 1 amide bonds. The highest BCUT2D eigenvalue weighted by molar-refractivity contribution is 5.75. The second-order valence-corrected chi connectivity index (χ2v) is 2.46. The summed E-state index contributed by atoms with van der Waals surface area (Å²) in [5.74, 6) is 0.0385. The molecule has 72 valence electrons. The molecule has 0 radical (unpaired) electrons. The van der Waals surface area contributed by atoms with Gasteiger partial charge in [0.1, 0.15) is 0 Å². The first-order valence-electron chi connectivity index (χ1n) is 4.06. The monoisotopic (exact) mass is 175 g/mol. The van der Waals surface area contributed by atoms with Crippen LogP contribution in [0.5, 0.6) is 0 Å². The van der Waals surface area contributed by atoms with Gasteiger partial charge in [0, 0.05) is 20.6 Å². The number of carbonyl (C=O) groups is 1. The van der Waals surface area contributed by atoms with Crippen LogP contribution in [0.3, 0.4) is 0 Å². The molecule has 0 spiro atoms. The van der Waals surface area contributed by atoms with Crippen LogP contribution >= 0.6 is 0 Å². The Kier molecular flexibility index (Phi) is 6.70. The summed E-state index contributed by atoms with van der Waals surface area (Å²) >= 11 is 0. The lowest BCUT2D eigenvalue weighted by Crippen LogP contribution is -2.33.